The molecule has 0 aliphatic carbocycles. The van der Waals surface area contributed by atoms with Gasteiger partial charge in [0.1, 0.15) is 0 Å². The molecule has 0 amide bonds. The molecule has 180 valence electrons. The predicted molar refractivity (Wildman–Crippen MR) is 127 cm³/mol. The molecular weight excluding hydrogens is 415 g/mol. The summed E-state index contributed by atoms with van der Waals surface area (Å²) in [5, 5.41) is 0. The van der Waals surface area contributed by atoms with Crippen LogP contribution in [0.3, 0.4) is 0 Å². The van der Waals surface area contributed by atoms with Crippen LogP contribution in [0.1, 0.15) is 90.9 Å². The summed E-state index contributed by atoms with van der Waals surface area (Å²) >= 11 is 0. The second-order valence-corrected chi connectivity index (χ2v) is 11.0. The molecule has 0 aromatic heterocycles. The molecule has 0 bridgehead atoms. The van der Waals surface area contributed by atoms with Crippen molar-refractivity contribution in [1.82, 2.24) is 0 Å². The second kappa shape index (κ2) is 18.2. The van der Waals surface area contributed by atoms with Gasteiger partial charge >= 0.3 is 11.9 Å². The number of carbonyl (C=O) groups is 2. The van der Waals surface area contributed by atoms with Crippen LogP contribution in [-0.2, 0) is 23.6 Å². The van der Waals surface area contributed by atoms with E-state index in [1.165, 1.54) is 0 Å². The van der Waals surface area contributed by atoms with Crippen molar-refractivity contribution in [3.63, 3.8) is 0 Å². The Labute approximate surface area is 188 Å². The number of ether oxygens (including phenoxy) is 2. The Morgan fingerprint density at radius 2 is 0.935 bits per heavy atom. The molecule has 0 heterocycles. The standard InChI is InChI=1S/C24H43O6P/c1-21(2)23(25)29-17-13-9-5-7-11-15-19-31(27,28)20-16-12-8-6-10-14-18-30-24(26)22(3)4/h1,3,5-20H2,2,4H3,(H,27,28). The van der Waals surface area contributed by atoms with Crippen molar-refractivity contribution >= 4 is 19.3 Å². The maximum atomic E-state index is 12.2. The fourth-order valence-corrected chi connectivity index (χ4v) is 4.68. The lowest BCUT2D eigenvalue weighted by atomic mass is 10.1. The third-order valence-electron chi connectivity index (χ3n) is 4.97. The molecule has 0 spiro atoms. The van der Waals surface area contributed by atoms with E-state index in [1.54, 1.807) is 13.8 Å². The monoisotopic (exact) mass is 458 g/mol. The van der Waals surface area contributed by atoms with Gasteiger partial charge in [-0.2, -0.15) is 0 Å². The summed E-state index contributed by atoms with van der Waals surface area (Å²) in [6.45, 7) is 11.2. The minimum Gasteiger partial charge on any atom is -0.462 e. The zero-order valence-corrected chi connectivity index (χ0v) is 20.6. The van der Waals surface area contributed by atoms with E-state index in [4.69, 9.17) is 9.47 Å². The highest BCUT2D eigenvalue weighted by Gasteiger charge is 2.16. The van der Waals surface area contributed by atoms with Crippen LogP contribution in [0.4, 0.5) is 0 Å². The van der Waals surface area contributed by atoms with Gasteiger partial charge < -0.3 is 14.4 Å². The van der Waals surface area contributed by atoms with Gasteiger partial charge in [-0.05, 0) is 39.5 Å². The van der Waals surface area contributed by atoms with Crippen LogP contribution in [0, 0.1) is 0 Å². The molecule has 31 heavy (non-hydrogen) atoms. The molecule has 0 atom stereocenters. The van der Waals surface area contributed by atoms with Gasteiger partial charge in [0.05, 0.1) is 13.2 Å². The molecule has 0 aromatic rings. The van der Waals surface area contributed by atoms with E-state index in [0.717, 1.165) is 77.0 Å². The minimum atomic E-state index is -3.00. The lowest BCUT2D eigenvalue weighted by Crippen LogP contribution is -2.06. The molecule has 0 aliphatic rings. The van der Waals surface area contributed by atoms with Gasteiger partial charge in [0.15, 0.2) is 0 Å². The average molecular weight is 459 g/mol. The molecule has 6 nitrogen and oxygen atoms in total. The molecule has 0 aliphatic heterocycles. The van der Waals surface area contributed by atoms with E-state index in [0.29, 0.717) is 36.7 Å². The number of hydrogen-bond acceptors (Lipinski definition) is 5. The molecular formula is C24H43O6P. The van der Waals surface area contributed by atoms with Gasteiger partial charge in [0.25, 0.3) is 0 Å². The van der Waals surface area contributed by atoms with Crippen LogP contribution in [-0.4, -0.2) is 42.4 Å². The summed E-state index contributed by atoms with van der Waals surface area (Å²) in [5.41, 5.74) is 0.847. The Bertz CT molecular complexity index is 551. The van der Waals surface area contributed by atoms with Gasteiger partial charge in [-0.3, -0.25) is 4.57 Å². The SMILES string of the molecule is C=C(C)C(=O)OCCCCCCCCP(=O)(O)CCCCCCCCOC(=O)C(=C)C. The molecule has 0 radical (unpaired) electrons. The van der Waals surface area contributed by atoms with E-state index in [-0.39, 0.29) is 11.9 Å². The molecule has 7 heteroatoms. The van der Waals surface area contributed by atoms with Crippen LogP contribution >= 0.6 is 7.37 Å². The second-order valence-electron chi connectivity index (χ2n) is 8.37. The third kappa shape index (κ3) is 19.1. The molecule has 0 saturated heterocycles. The van der Waals surface area contributed by atoms with Crippen molar-refractivity contribution in [3.8, 4) is 0 Å². The van der Waals surface area contributed by atoms with E-state index in [9.17, 15) is 19.0 Å². The Hall–Kier alpha value is -1.39. The highest BCUT2D eigenvalue weighted by atomic mass is 31.2. The average Bonchev–Trinajstić information content (AvgIpc) is 2.70. The van der Waals surface area contributed by atoms with Crippen molar-refractivity contribution < 1.29 is 28.5 Å². The zero-order chi connectivity index (χ0) is 23.5. The Morgan fingerprint density at radius 3 is 1.26 bits per heavy atom. The van der Waals surface area contributed by atoms with E-state index < -0.39 is 7.37 Å². The summed E-state index contributed by atoms with van der Waals surface area (Å²) < 4.78 is 22.3. The number of unbranched alkanes of at least 4 members (excludes halogenated alkanes) is 10. The van der Waals surface area contributed by atoms with Crippen molar-refractivity contribution in [2.45, 2.75) is 90.9 Å². The Kier molecular flexibility index (Phi) is 17.4. The first kappa shape index (κ1) is 29.6. The van der Waals surface area contributed by atoms with Crippen LogP contribution < -0.4 is 0 Å². The molecule has 0 saturated carbocycles. The van der Waals surface area contributed by atoms with Crippen molar-refractivity contribution in [2.75, 3.05) is 25.5 Å². The first-order chi connectivity index (χ1) is 14.7. The first-order valence-electron chi connectivity index (χ1n) is 11.6. The van der Waals surface area contributed by atoms with Crippen molar-refractivity contribution in [3.05, 3.63) is 24.3 Å². The van der Waals surface area contributed by atoms with E-state index in [2.05, 4.69) is 13.2 Å². The maximum absolute atomic E-state index is 12.2. The van der Waals surface area contributed by atoms with Crippen LogP contribution in [0.2, 0.25) is 0 Å². The van der Waals surface area contributed by atoms with Gasteiger partial charge in [0.2, 0.25) is 7.37 Å². The molecule has 0 unspecified atom stereocenters. The van der Waals surface area contributed by atoms with Gasteiger partial charge in [-0.25, -0.2) is 9.59 Å². The zero-order valence-electron chi connectivity index (χ0n) is 19.7. The lowest BCUT2D eigenvalue weighted by molar-refractivity contribution is -0.139. The number of esters is 2. The largest absolute Gasteiger partial charge is 0.462 e. The number of carbonyl (C=O) groups excluding carboxylic acids is 2. The van der Waals surface area contributed by atoms with Gasteiger partial charge in [-0.15, -0.1) is 0 Å². The molecule has 0 aromatic carbocycles. The van der Waals surface area contributed by atoms with E-state index >= 15 is 0 Å². The van der Waals surface area contributed by atoms with Gasteiger partial charge in [0, 0.05) is 23.5 Å². The fraction of sp³-hybridized carbons (Fsp3) is 0.750. The highest BCUT2D eigenvalue weighted by molar-refractivity contribution is 7.57. The Balaban J connectivity index is 3.48. The fourth-order valence-electron chi connectivity index (χ4n) is 3.02. The summed E-state index contributed by atoms with van der Waals surface area (Å²) in [6.07, 6.45) is 12.2. The maximum Gasteiger partial charge on any atom is 0.333 e. The Morgan fingerprint density at radius 1 is 0.645 bits per heavy atom. The topological polar surface area (TPSA) is 89.9 Å². The highest BCUT2D eigenvalue weighted by Crippen LogP contribution is 2.42. The molecule has 0 rings (SSSR count). The van der Waals surface area contributed by atoms with Gasteiger partial charge in [-0.1, -0.05) is 64.5 Å². The first-order valence-corrected chi connectivity index (χ1v) is 13.6. The smallest absolute Gasteiger partial charge is 0.333 e. The summed E-state index contributed by atoms with van der Waals surface area (Å²) in [6, 6.07) is 0. The van der Waals surface area contributed by atoms with E-state index in [1.807, 2.05) is 0 Å². The van der Waals surface area contributed by atoms with Crippen LogP contribution in [0.25, 0.3) is 0 Å². The lowest BCUT2D eigenvalue weighted by Gasteiger charge is -2.11. The van der Waals surface area contributed by atoms with Crippen LogP contribution in [0.15, 0.2) is 24.3 Å². The van der Waals surface area contributed by atoms with Crippen molar-refractivity contribution in [2.24, 2.45) is 0 Å². The van der Waals surface area contributed by atoms with Crippen LogP contribution in [0.5, 0.6) is 0 Å². The minimum absolute atomic E-state index is 0.333. The number of rotatable bonds is 20. The summed E-state index contributed by atoms with van der Waals surface area (Å²) in [5.74, 6) is -0.666. The normalized spacial score (nSPS) is 11.2. The summed E-state index contributed by atoms with van der Waals surface area (Å²) in [7, 11) is -3.00. The molecule has 1 N–H and O–H groups in total. The van der Waals surface area contributed by atoms with Crippen molar-refractivity contribution in [1.29, 1.82) is 0 Å². The summed E-state index contributed by atoms with van der Waals surface area (Å²) in [4.78, 5) is 32.5. The third-order valence-corrected chi connectivity index (χ3v) is 7.00. The number of hydrogen-bond donors (Lipinski definition) is 1. The quantitative estimate of drug-likeness (QED) is 0.101. The molecule has 0 fully saturated rings. The predicted octanol–water partition coefficient (Wildman–Crippen LogP) is 6.18.